The van der Waals surface area contributed by atoms with Crippen molar-refractivity contribution in [2.24, 2.45) is 5.92 Å². The van der Waals surface area contributed by atoms with E-state index < -0.39 is 0 Å². The van der Waals surface area contributed by atoms with Gasteiger partial charge in [0, 0.05) is 44.3 Å². The normalized spacial score (nSPS) is 24.2. The first-order valence-electron chi connectivity index (χ1n) is 9.64. The zero-order valence-electron chi connectivity index (χ0n) is 15.3. The summed E-state index contributed by atoms with van der Waals surface area (Å²) in [5.41, 5.74) is 1.32. The van der Waals surface area contributed by atoms with Crippen LogP contribution < -0.4 is 10.1 Å². The smallest absolute Gasteiger partial charge is 0.123 e. The van der Waals surface area contributed by atoms with E-state index in [0.29, 0.717) is 6.04 Å². The average Bonchev–Trinajstić information content (AvgIpc) is 2.60. The summed E-state index contributed by atoms with van der Waals surface area (Å²) in [7, 11) is 0. The predicted molar refractivity (Wildman–Crippen MR) is 99.5 cm³/mol. The van der Waals surface area contributed by atoms with Crippen molar-refractivity contribution in [3.8, 4) is 5.75 Å². The Morgan fingerprint density at radius 2 is 1.96 bits per heavy atom. The van der Waals surface area contributed by atoms with Crippen LogP contribution in [0.25, 0.3) is 0 Å². The Labute approximate surface area is 147 Å². The van der Waals surface area contributed by atoms with Crippen LogP contribution in [0.15, 0.2) is 24.3 Å². The largest absolute Gasteiger partial charge is 0.494 e. The van der Waals surface area contributed by atoms with Crippen molar-refractivity contribution in [3.63, 3.8) is 0 Å². The molecule has 0 aromatic heterocycles. The van der Waals surface area contributed by atoms with Crippen LogP contribution in [0.2, 0.25) is 0 Å². The maximum atomic E-state index is 5.78. The van der Waals surface area contributed by atoms with Crippen LogP contribution in [0, 0.1) is 5.92 Å². The van der Waals surface area contributed by atoms with Gasteiger partial charge >= 0.3 is 0 Å². The summed E-state index contributed by atoms with van der Waals surface area (Å²) in [5, 5.41) is 3.47. The molecule has 2 aliphatic rings. The third-order valence-corrected chi connectivity index (χ3v) is 5.47. The topological polar surface area (TPSA) is 27.7 Å². The van der Waals surface area contributed by atoms with Gasteiger partial charge in [-0.05, 0) is 51.8 Å². The Hall–Kier alpha value is -1.10. The molecule has 2 aliphatic heterocycles. The summed E-state index contributed by atoms with van der Waals surface area (Å²) >= 11 is 0. The lowest BCUT2D eigenvalue weighted by atomic mass is 9.96. The highest BCUT2D eigenvalue weighted by Crippen LogP contribution is 2.23. The van der Waals surface area contributed by atoms with Gasteiger partial charge in [-0.3, -0.25) is 9.80 Å². The number of hydrogen-bond donors (Lipinski definition) is 1. The molecule has 3 rings (SSSR count). The molecular weight excluding hydrogens is 298 g/mol. The van der Waals surface area contributed by atoms with Crippen LogP contribution in [0.3, 0.4) is 0 Å². The molecule has 1 atom stereocenters. The number of piperidine rings is 1. The maximum absolute atomic E-state index is 5.78. The van der Waals surface area contributed by atoms with Crippen LogP contribution >= 0.6 is 0 Å². The van der Waals surface area contributed by atoms with Crippen molar-refractivity contribution in [1.29, 1.82) is 0 Å². The molecule has 4 heteroatoms. The molecule has 1 aromatic rings. The molecule has 0 spiro atoms. The van der Waals surface area contributed by atoms with Gasteiger partial charge < -0.3 is 10.1 Å². The number of nitrogens with one attached hydrogen (secondary N) is 1. The highest BCUT2D eigenvalue weighted by atomic mass is 16.5. The standard InChI is InChI=1S/C20H33N3O/c1-3-24-20-7-5-4-6-19(20)16-22-12-13-23(17(2)14-22)15-18-8-10-21-11-9-18/h4-7,17-18,21H,3,8-16H2,1-2H3. The molecule has 24 heavy (non-hydrogen) atoms. The molecule has 0 radical (unpaired) electrons. The second-order valence-electron chi connectivity index (χ2n) is 7.31. The first-order valence-corrected chi connectivity index (χ1v) is 9.64. The fourth-order valence-corrected chi connectivity index (χ4v) is 4.05. The molecule has 0 saturated carbocycles. The molecular formula is C20H33N3O. The Morgan fingerprint density at radius 1 is 1.17 bits per heavy atom. The van der Waals surface area contributed by atoms with E-state index in [1.165, 1.54) is 44.6 Å². The Morgan fingerprint density at radius 3 is 2.71 bits per heavy atom. The minimum atomic E-state index is 0.646. The molecule has 2 fully saturated rings. The molecule has 1 aromatic carbocycles. The van der Waals surface area contributed by atoms with Gasteiger partial charge in [0.2, 0.25) is 0 Å². The highest BCUT2D eigenvalue weighted by Gasteiger charge is 2.26. The van der Waals surface area contributed by atoms with Crippen LogP contribution in [-0.2, 0) is 6.54 Å². The van der Waals surface area contributed by atoms with E-state index in [2.05, 4.69) is 53.2 Å². The summed E-state index contributed by atoms with van der Waals surface area (Å²) in [6, 6.07) is 9.13. The molecule has 0 amide bonds. The maximum Gasteiger partial charge on any atom is 0.123 e. The number of ether oxygens (including phenoxy) is 1. The summed E-state index contributed by atoms with van der Waals surface area (Å²) in [4.78, 5) is 5.29. The fraction of sp³-hybridized carbons (Fsp3) is 0.700. The highest BCUT2D eigenvalue weighted by molar-refractivity contribution is 5.33. The van der Waals surface area contributed by atoms with Gasteiger partial charge in [0.05, 0.1) is 6.61 Å². The number of nitrogens with zero attached hydrogens (tertiary/aromatic N) is 2. The molecule has 0 bridgehead atoms. The van der Waals surface area contributed by atoms with Gasteiger partial charge in [-0.1, -0.05) is 18.2 Å². The first kappa shape index (κ1) is 17.7. The van der Waals surface area contributed by atoms with Gasteiger partial charge in [-0.25, -0.2) is 0 Å². The van der Waals surface area contributed by atoms with Crippen molar-refractivity contribution in [2.45, 2.75) is 39.3 Å². The van der Waals surface area contributed by atoms with E-state index in [4.69, 9.17) is 4.74 Å². The van der Waals surface area contributed by atoms with Gasteiger partial charge in [-0.15, -0.1) is 0 Å². The molecule has 4 nitrogen and oxygen atoms in total. The van der Waals surface area contributed by atoms with Crippen LogP contribution in [0.4, 0.5) is 0 Å². The molecule has 1 N–H and O–H groups in total. The fourth-order valence-electron chi connectivity index (χ4n) is 4.05. The van der Waals surface area contributed by atoms with Gasteiger partial charge in [0.15, 0.2) is 0 Å². The lowest BCUT2D eigenvalue weighted by Crippen LogP contribution is -2.53. The van der Waals surface area contributed by atoms with Crippen molar-refractivity contribution in [2.75, 3.05) is 45.9 Å². The summed E-state index contributed by atoms with van der Waals surface area (Å²) in [6.45, 7) is 13.4. The zero-order valence-corrected chi connectivity index (χ0v) is 15.3. The Bertz CT molecular complexity index is 501. The van der Waals surface area contributed by atoms with E-state index in [-0.39, 0.29) is 0 Å². The first-order chi connectivity index (χ1) is 11.8. The van der Waals surface area contributed by atoms with Crippen molar-refractivity contribution in [3.05, 3.63) is 29.8 Å². The molecule has 2 heterocycles. The lowest BCUT2D eigenvalue weighted by Gasteiger charge is -2.42. The second kappa shape index (κ2) is 8.84. The third-order valence-electron chi connectivity index (χ3n) is 5.47. The summed E-state index contributed by atoms with van der Waals surface area (Å²) < 4.78 is 5.78. The number of piperazine rings is 1. The molecule has 134 valence electrons. The van der Waals surface area contributed by atoms with Crippen molar-refractivity contribution >= 4 is 0 Å². The quantitative estimate of drug-likeness (QED) is 0.867. The van der Waals surface area contributed by atoms with Gasteiger partial charge in [0.1, 0.15) is 5.75 Å². The van der Waals surface area contributed by atoms with E-state index in [9.17, 15) is 0 Å². The molecule has 1 unspecified atom stereocenters. The van der Waals surface area contributed by atoms with Crippen LogP contribution in [-0.4, -0.2) is 61.7 Å². The van der Waals surface area contributed by atoms with E-state index >= 15 is 0 Å². The monoisotopic (exact) mass is 331 g/mol. The van der Waals surface area contributed by atoms with Crippen LogP contribution in [0.1, 0.15) is 32.3 Å². The second-order valence-corrected chi connectivity index (χ2v) is 7.31. The van der Waals surface area contributed by atoms with E-state index in [1.807, 2.05) is 0 Å². The third kappa shape index (κ3) is 4.71. The lowest BCUT2D eigenvalue weighted by molar-refractivity contribution is 0.0615. The average molecular weight is 332 g/mol. The summed E-state index contributed by atoms with van der Waals surface area (Å²) in [6.07, 6.45) is 2.68. The van der Waals surface area contributed by atoms with E-state index in [0.717, 1.165) is 37.9 Å². The van der Waals surface area contributed by atoms with Crippen molar-refractivity contribution in [1.82, 2.24) is 15.1 Å². The number of rotatable bonds is 6. The Kier molecular flexibility index (Phi) is 6.52. The number of hydrogen-bond acceptors (Lipinski definition) is 4. The predicted octanol–water partition coefficient (Wildman–Crippen LogP) is 2.59. The molecule has 2 saturated heterocycles. The van der Waals surface area contributed by atoms with Crippen molar-refractivity contribution < 1.29 is 4.74 Å². The number of para-hydroxylation sites is 1. The molecule has 0 aliphatic carbocycles. The minimum absolute atomic E-state index is 0.646. The van der Waals surface area contributed by atoms with Crippen LogP contribution in [0.5, 0.6) is 5.75 Å². The zero-order chi connectivity index (χ0) is 16.8. The van der Waals surface area contributed by atoms with Gasteiger partial charge in [-0.2, -0.15) is 0 Å². The Balaban J connectivity index is 1.52. The van der Waals surface area contributed by atoms with E-state index in [1.54, 1.807) is 0 Å². The van der Waals surface area contributed by atoms with Gasteiger partial charge in [0.25, 0.3) is 0 Å². The number of benzene rings is 1. The SMILES string of the molecule is CCOc1ccccc1CN1CCN(CC2CCNCC2)C(C)C1. The summed E-state index contributed by atoms with van der Waals surface area (Å²) in [5.74, 6) is 1.93. The minimum Gasteiger partial charge on any atom is -0.494 e.